The predicted molar refractivity (Wildman–Crippen MR) is 102 cm³/mol. The molecule has 3 aromatic rings. The first kappa shape index (κ1) is 20.7. The first-order chi connectivity index (χ1) is 14.8. The number of methoxy groups -OCH3 is 1. The summed E-state index contributed by atoms with van der Waals surface area (Å²) in [5.41, 5.74) is 0.284. The van der Waals surface area contributed by atoms with Crippen LogP contribution >= 0.6 is 0 Å². The van der Waals surface area contributed by atoms with Crippen LogP contribution in [-0.4, -0.2) is 23.2 Å². The number of aromatic nitrogens is 2. The van der Waals surface area contributed by atoms with Crippen molar-refractivity contribution in [3.8, 4) is 11.5 Å². The van der Waals surface area contributed by atoms with E-state index in [1.54, 1.807) is 24.4 Å². The number of anilines is 1. The number of H-pyrrole nitrogens is 1. The van der Waals surface area contributed by atoms with Gasteiger partial charge in [-0.3, -0.25) is 9.89 Å². The molecule has 0 radical (unpaired) electrons. The molecular formula is C21H17F4N3O3. The number of amides is 1. The van der Waals surface area contributed by atoms with Crippen LogP contribution in [0.2, 0.25) is 0 Å². The molecule has 0 fully saturated rings. The van der Waals surface area contributed by atoms with Gasteiger partial charge >= 0.3 is 6.18 Å². The van der Waals surface area contributed by atoms with E-state index in [2.05, 4.69) is 15.5 Å². The number of carbonyl (C=O) groups excluding carboxylic acids is 1. The second-order valence-electron chi connectivity index (χ2n) is 6.99. The summed E-state index contributed by atoms with van der Waals surface area (Å²) in [5.74, 6) is -0.454. The number of benzene rings is 2. The van der Waals surface area contributed by atoms with E-state index in [-0.39, 0.29) is 29.6 Å². The Labute approximate surface area is 174 Å². The molecule has 0 saturated carbocycles. The second kappa shape index (κ2) is 7.93. The Morgan fingerprint density at radius 2 is 1.97 bits per heavy atom. The lowest BCUT2D eigenvalue weighted by Crippen LogP contribution is -2.23. The van der Waals surface area contributed by atoms with E-state index in [4.69, 9.17) is 9.47 Å². The minimum absolute atomic E-state index is 0.181. The smallest absolute Gasteiger partial charge is 0.416 e. The highest BCUT2D eigenvalue weighted by molar-refractivity contribution is 5.94. The maximum Gasteiger partial charge on any atom is 0.416 e. The number of aromatic amines is 1. The van der Waals surface area contributed by atoms with Gasteiger partial charge in [-0.25, -0.2) is 4.39 Å². The zero-order valence-electron chi connectivity index (χ0n) is 16.2. The average molecular weight is 435 g/mol. The van der Waals surface area contributed by atoms with Gasteiger partial charge in [-0.2, -0.15) is 18.3 Å². The highest BCUT2D eigenvalue weighted by Crippen LogP contribution is 2.40. The SMILES string of the molecule is COc1cc(C2CC(=O)Nc3n[nH]cc32)ccc1OCc1ccc(F)cc1C(F)(F)F. The van der Waals surface area contributed by atoms with Crippen molar-refractivity contribution < 1.29 is 31.8 Å². The zero-order valence-corrected chi connectivity index (χ0v) is 16.2. The Bertz CT molecular complexity index is 1130. The Hall–Kier alpha value is -3.56. The number of hydrogen-bond donors (Lipinski definition) is 2. The van der Waals surface area contributed by atoms with Crippen LogP contribution in [0.5, 0.6) is 11.5 Å². The summed E-state index contributed by atoms with van der Waals surface area (Å²) in [7, 11) is 1.40. The Morgan fingerprint density at radius 1 is 1.16 bits per heavy atom. The van der Waals surface area contributed by atoms with E-state index < -0.39 is 24.2 Å². The summed E-state index contributed by atoms with van der Waals surface area (Å²) < 4.78 is 63.8. The molecule has 0 saturated heterocycles. The van der Waals surface area contributed by atoms with Gasteiger partial charge in [0, 0.05) is 29.7 Å². The van der Waals surface area contributed by atoms with Gasteiger partial charge in [0.05, 0.1) is 12.7 Å². The largest absolute Gasteiger partial charge is 0.493 e. The zero-order chi connectivity index (χ0) is 22.2. The molecular weight excluding hydrogens is 418 g/mol. The first-order valence-corrected chi connectivity index (χ1v) is 9.26. The third-order valence-electron chi connectivity index (χ3n) is 5.04. The van der Waals surface area contributed by atoms with E-state index >= 15 is 0 Å². The summed E-state index contributed by atoms with van der Waals surface area (Å²) in [6, 6.07) is 7.38. The van der Waals surface area contributed by atoms with E-state index in [0.717, 1.165) is 23.3 Å². The third kappa shape index (κ3) is 4.18. The van der Waals surface area contributed by atoms with Crippen LogP contribution < -0.4 is 14.8 Å². The molecule has 2 N–H and O–H groups in total. The van der Waals surface area contributed by atoms with Gasteiger partial charge in [-0.05, 0) is 29.8 Å². The topological polar surface area (TPSA) is 76.2 Å². The number of halogens is 4. The molecule has 10 heteroatoms. The summed E-state index contributed by atoms with van der Waals surface area (Å²) in [6.07, 6.45) is -2.80. The van der Waals surface area contributed by atoms with Crippen LogP contribution in [0.1, 0.15) is 34.6 Å². The molecule has 1 unspecified atom stereocenters. The normalized spacial score (nSPS) is 15.9. The lowest BCUT2D eigenvalue weighted by molar-refractivity contribution is -0.138. The van der Waals surface area contributed by atoms with Crippen LogP contribution in [0.3, 0.4) is 0 Å². The lowest BCUT2D eigenvalue weighted by Gasteiger charge is -2.23. The van der Waals surface area contributed by atoms with Crippen molar-refractivity contribution in [2.45, 2.75) is 25.1 Å². The minimum atomic E-state index is -4.71. The van der Waals surface area contributed by atoms with Crippen molar-refractivity contribution in [1.82, 2.24) is 10.2 Å². The monoisotopic (exact) mass is 435 g/mol. The number of ether oxygens (including phenoxy) is 2. The minimum Gasteiger partial charge on any atom is -0.493 e. The van der Waals surface area contributed by atoms with Crippen LogP contribution in [0.15, 0.2) is 42.6 Å². The Kier molecular flexibility index (Phi) is 5.30. The van der Waals surface area contributed by atoms with E-state index in [9.17, 15) is 22.4 Å². The van der Waals surface area contributed by atoms with Crippen molar-refractivity contribution in [1.29, 1.82) is 0 Å². The highest BCUT2D eigenvalue weighted by atomic mass is 19.4. The molecule has 6 nitrogen and oxygen atoms in total. The summed E-state index contributed by atoms with van der Waals surface area (Å²) >= 11 is 0. The highest BCUT2D eigenvalue weighted by Gasteiger charge is 2.34. The number of fused-ring (bicyclic) bond motifs is 1. The Balaban J connectivity index is 1.59. The molecule has 2 heterocycles. The molecule has 2 aromatic carbocycles. The van der Waals surface area contributed by atoms with Crippen LogP contribution in [-0.2, 0) is 17.6 Å². The molecule has 4 rings (SSSR count). The van der Waals surface area contributed by atoms with Gasteiger partial charge < -0.3 is 14.8 Å². The van der Waals surface area contributed by atoms with Gasteiger partial charge in [0.15, 0.2) is 17.3 Å². The lowest BCUT2D eigenvalue weighted by atomic mass is 9.87. The van der Waals surface area contributed by atoms with Crippen molar-refractivity contribution >= 4 is 11.7 Å². The summed E-state index contributed by atoms with van der Waals surface area (Å²) in [4.78, 5) is 12.0. The van der Waals surface area contributed by atoms with Gasteiger partial charge in [-0.15, -0.1) is 0 Å². The third-order valence-corrected chi connectivity index (χ3v) is 5.04. The fourth-order valence-corrected chi connectivity index (χ4v) is 3.55. The van der Waals surface area contributed by atoms with E-state index in [1.165, 1.54) is 7.11 Å². The van der Waals surface area contributed by atoms with Crippen LogP contribution in [0.4, 0.5) is 23.4 Å². The summed E-state index contributed by atoms with van der Waals surface area (Å²) in [5, 5.41) is 9.41. The van der Waals surface area contributed by atoms with Crippen molar-refractivity contribution in [2.24, 2.45) is 0 Å². The Morgan fingerprint density at radius 3 is 2.71 bits per heavy atom. The maximum absolute atomic E-state index is 13.3. The number of nitrogens with one attached hydrogen (secondary N) is 2. The van der Waals surface area contributed by atoms with Crippen molar-refractivity contribution in [3.05, 3.63) is 70.7 Å². The first-order valence-electron chi connectivity index (χ1n) is 9.26. The molecule has 0 aliphatic carbocycles. The molecule has 162 valence electrons. The van der Waals surface area contributed by atoms with Gasteiger partial charge in [0.25, 0.3) is 0 Å². The summed E-state index contributed by atoms with van der Waals surface area (Å²) in [6.45, 7) is -0.428. The maximum atomic E-state index is 13.3. The number of nitrogens with zero attached hydrogens (tertiary/aromatic N) is 1. The number of carbonyl (C=O) groups is 1. The number of alkyl halides is 3. The van der Waals surface area contributed by atoms with Crippen molar-refractivity contribution in [3.63, 3.8) is 0 Å². The van der Waals surface area contributed by atoms with Crippen molar-refractivity contribution in [2.75, 3.05) is 12.4 Å². The molecule has 1 amide bonds. The molecule has 1 aromatic heterocycles. The molecule has 0 spiro atoms. The van der Waals surface area contributed by atoms with Crippen LogP contribution in [0, 0.1) is 5.82 Å². The number of rotatable bonds is 5. The van der Waals surface area contributed by atoms with Crippen LogP contribution in [0.25, 0.3) is 0 Å². The molecule has 1 aliphatic heterocycles. The van der Waals surface area contributed by atoms with Gasteiger partial charge in [0.2, 0.25) is 5.91 Å². The second-order valence-corrected chi connectivity index (χ2v) is 6.99. The quantitative estimate of drug-likeness (QED) is 0.573. The molecule has 0 bridgehead atoms. The fraction of sp³-hybridized carbons (Fsp3) is 0.238. The average Bonchev–Trinajstić information content (AvgIpc) is 3.19. The van der Waals surface area contributed by atoms with Gasteiger partial charge in [0.1, 0.15) is 12.4 Å². The standard InChI is InChI=1S/C21H17F4N3O3/c1-30-18-6-11(14-8-19(29)27-20-15(14)9-26-28-20)3-5-17(18)31-10-12-2-4-13(22)7-16(12)21(23,24)25/h2-7,9,14H,8,10H2,1H3,(H2,26,27,28,29). The van der Waals surface area contributed by atoms with Gasteiger partial charge in [-0.1, -0.05) is 12.1 Å². The van der Waals surface area contributed by atoms with E-state index in [0.29, 0.717) is 17.6 Å². The molecule has 1 aliphatic rings. The number of hydrogen-bond acceptors (Lipinski definition) is 4. The predicted octanol–water partition coefficient (Wildman–Crippen LogP) is 4.63. The van der Waals surface area contributed by atoms with E-state index in [1.807, 2.05) is 0 Å². The fourth-order valence-electron chi connectivity index (χ4n) is 3.55. The molecule has 31 heavy (non-hydrogen) atoms. The molecule has 1 atom stereocenters.